The maximum atomic E-state index is 6.00. The summed E-state index contributed by atoms with van der Waals surface area (Å²) in [6.45, 7) is 5.30. The molecule has 0 heterocycles. The minimum absolute atomic E-state index is 0.692. The van der Waals surface area contributed by atoms with Crippen LogP contribution in [0.4, 0.5) is 0 Å². The Bertz CT molecular complexity index is 344. The van der Waals surface area contributed by atoms with Crippen molar-refractivity contribution in [3.8, 4) is 0 Å². The van der Waals surface area contributed by atoms with Gasteiger partial charge in [-0.3, -0.25) is 0 Å². The number of rotatable bonds is 4. The van der Waals surface area contributed by atoms with Crippen LogP contribution >= 0.6 is 0 Å². The number of benzene rings is 1. The van der Waals surface area contributed by atoms with Gasteiger partial charge in [-0.1, -0.05) is 43.9 Å². The van der Waals surface area contributed by atoms with Crippen molar-refractivity contribution in [1.82, 2.24) is 0 Å². The van der Waals surface area contributed by atoms with Gasteiger partial charge in [-0.2, -0.15) is 0 Å². The molecule has 1 saturated carbocycles. The maximum absolute atomic E-state index is 6.00. The molecule has 1 atom stereocenters. The molecule has 1 heteroatoms. The fourth-order valence-electron chi connectivity index (χ4n) is 3.30. The van der Waals surface area contributed by atoms with Crippen molar-refractivity contribution in [2.45, 2.75) is 46.0 Å². The molecule has 0 aliphatic heterocycles. The summed E-state index contributed by atoms with van der Waals surface area (Å²) in [6.07, 6.45) is 6.79. The fraction of sp³-hybridized carbons (Fsp3) is 0.625. The lowest BCUT2D eigenvalue weighted by molar-refractivity contribution is 0.344. The third-order valence-corrected chi connectivity index (χ3v) is 4.48. The van der Waals surface area contributed by atoms with E-state index in [1.165, 1.54) is 48.8 Å². The van der Waals surface area contributed by atoms with Crippen molar-refractivity contribution in [2.75, 3.05) is 6.54 Å². The monoisotopic (exact) mass is 231 g/mol. The van der Waals surface area contributed by atoms with Gasteiger partial charge < -0.3 is 5.73 Å². The molecule has 1 aliphatic carbocycles. The Balaban J connectivity index is 2.12. The Kier molecular flexibility index (Phi) is 4.22. The van der Waals surface area contributed by atoms with Crippen molar-refractivity contribution >= 4 is 0 Å². The Morgan fingerprint density at radius 2 is 1.76 bits per heavy atom. The average Bonchev–Trinajstić information content (AvgIpc) is 2.82. The number of hydrogen-bond acceptors (Lipinski definition) is 1. The first-order chi connectivity index (χ1) is 8.22. The molecular formula is C16H25N. The highest BCUT2D eigenvalue weighted by atomic mass is 14.6. The van der Waals surface area contributed by atoms with Crippen molar-refractivity contribution in [3.05, 3.63) is 34.9 Å². The normalized spacial score (nSPS) is 18.5. The summed E-state index contributed by atoms with van der Waals surface area (Å²) in [7, 11) is 0. The predicted octanol–water partition coefficient (Wildman–Crippen LogP) is 3.61. The first kappa shape index (κ1) is 12.6. The van der Waals surface area contributed by atoms with Gasteiger partial charge in [0.2, 0.25) is 0 Å². The van der Waals surface area contributed by atoms with Gasteiger partial charge in [-0.25, -0.2) is 0 Å². The molecule has 0 spiro atoms. The molecule has 1 fully saturated rings. The van der Waals surface area contributed by atoms with Crippen molar-refractivity contribution in [3.63, 3.8) is 0 Å². The van der Waals surface area contributed by atoms with Crippen LogP contribution < -0.4 is 5.73 Å². The second kappa shape index (κ2) is 5.68. The quantitative estimate of drug-likeness (QED) is 0.841. The third kappa shape index (κ3) is 2.90. The van der Waals surface area contributed by atoms with E-state index < -0.39 is 0 Å². The molecule has 1 nitrogen and oxygen atoms in total. The largest absolute Gasteiger partial charge is 0.330 e. The second-order valence-electron chi connectivity index (χ2n) is 5.61. The van der Waals surface area contributed by atoms with Crippen LogP contribution in [0.5, 0.6) is 0 Å². The standard InChI is InChI=1S/C16H25N/c1-12-6-5-7-13(2)16(12)10-15(11-17)14-8-3-4-9-14/h5-7,14-15H,3-4,8-11,17H2,1-2H3. The number of hydrogen-bond donors (Lipinski definition) is 1. The summed E-state index contributed by atoms with van der Waals surface area (Å²) >= 11 is 0. The molecule has 2 rings (SSSR count). The second-order valence-corrected chi connectivity index (χ2v) is 5.61. The third-order valence-electron chi connectivity index (χ3n) is 4.48. The molecular weight excluding hydrogens is 206 g/mol. The lowest BCUT2D eigenvalue weighted by atomic mass is 9.83. The highest BCUT2D eigenvalue weighted by Crippen LogP contribution is 2.33. The van der Waals surface area contributed by atoms with Crippen LogP contribution in [0.25, 0.3) is 0 Å². The summed E-state index contributed by atoms with van der Waals surface area (Å²) in [4.78, 5) is 0. The molecule has 17 heavy (non-hydrogen) atoms. The predicted molar refractivity (Wildman–Crippen MR) is 74.1 cm³/mol. The van der Waals surface area contributed by atoms with E-state index in [1.54, 1.807) is 0 Å². The molecule has 1 unspecified atom stereocenters. The Morgan fingerprint density at radius 1 is 1.18 bits per heavy atom. The summed E-state index contributed by atoms with van der Waals surface area (Å²) < 4.78 is 0. The summed E-state index contributed by atoms with van der Waals surface area (Å²) in [5.41, 5.74) is 10.4. The van der Waals surface area contributed by atoms with Crippen LogP contribution in [0.15, 0.2) is 18.2 Å². The van der Waals surface area contributed by atoms with E-state index in [4.69, 9.17) is 5.73 Å². The van der Waals surface area contributed by atoms with Gasteiger partial charge in [0.05, 0.1) is 0 Å². The van der Waals surface area contributed by atoms with Crippen LogP contribution in [-0.4, -0.2) is 6.54 Å². The van der Waals surface area contributed by atoms with E-state index in [-0.39, 0.29) is 0 Å². The smallest absolute Gasteiger partial charge is 0.00430 e. The minimum atomic E-state index is 0.692. The highest BCUT2D eigenvalue weighted by Gasteiger charge is 2.24. The zero-order valence-corrected chi connectivity index (χ0v) is 11.2. The van der Waals surface area contributed by atoms with Gasteiger partial charge in [0.15, 0.2) is 0 Å². The van der Waals surface area contributed by atoms with Gasteiger partial charge in [-0.05, 0) is 55.3 Å². The summed E-state index contributed by atoms with van der Waals surface area (Å²) in [5.74, 6) is 1.57. The molecule has 0 saturated heterocycles. The van der Waals surface area contributed by atoms with Crippen LogP contribution in [-0.2, 0) is 6.42 Å². The van der Waals surface area contributed by atoms with Gasteiger partial charge in [-0.15, -0.1) is 0 Å². The first-order valence-corrected chi connectivity index (χ1v) is 6.97. The van der Waals surface area contributed by atoms with Crippen LogP contribution in [0, 0.1) is 25.7 Å². The topological polar surface area (TPSA) is 26.0 Å². The first-order valence-electron chi connectivity index (χ1n) is 6.97. The van der Waals surface area contributed by atoms with Crippen molar-refractivity contribution < 1.29 is 0 Å². The molecule has 1 aliphatic rings. The molecule has 1 aromatic carbocycles. The van der Waals surface area contributed by atoms with Crippen LogP contribution in [0.1, 0.15) is 42.4 Å². The number of nitrogens with two attached hydrogens (primary N) is 1. The van der Waals surface area contributed by atoms with Gasteiger partial charge in [0.1, 0.15) is 0 Å². The molecule has 0 aromatic heterocycles. The van der Waals surface area contributed by atoms with E-state index in [9.17, 15) is 0 Å². The van der Waals surface area contributed by atoms with Gasteiger partial charge >= 0.3 is 0 Å². The lowest BCUT2D eigenvalue weighted by Crippen LogP contribution is -2.24. The van der Waals surface area contributed by atoms with Gasteiger partial charge in [0.25, 0.3) is 0 Å². The zero-order chi connectivity index (χ0) is 12.3. The molecule has 0 bridgehead atoms. The lowest BCUT2D eigenvalue weighted by Gasteiger charge is -2.23. The van der Waals surface area contributed by atoms with E-state index in [0.29, 0.717) is 5.92 Å². The van der Waals surface area contributed by atoms with E-state index in [0.717, 1.165) is 12.5 Å². The summed E-state index contributed by atoms with van der Waals surface area (Å²) in [5, 5.41) is 0. The molecule has 0 amide bonds. The highest BCUT2D eigenvalue weighted by molar-refractivity contribution is 5.33. The molecule has 94 valence electrons. The van der Waals surface area contributed by atoms with Crippen molar-refractivity contribution in [2.24, 2.45) is 17.6 Å². The van der Waals surface area contributed by atoms with E-state index in [1.807, 2.05) is 0 Å². The minimum Gasteiger partial charge on any atom is -0.330 e. The zero-order valence-electron chi connectivity index (χ0n) is 11.2. The Hall–Kier alpha value is -0.820. The molecule has 1 aromatic rings. The molecule has 2 N–H and O–H groups in total. The van der Waals surface area contributed by atoms with Crippen molar-refractivity contribution in [1.29, 1.82) is 0 Å². The van der Waals surface area contributed by atoms with Gasteiger partial charge in [0, 0.05) is 0 Å². The summed E-state index contributed by atoms with van der Waals surface area (Å²) in [6, 6.07) is 6.61. The van der Waals surface area contributed by atoms with E-state index in [2.05, 4.69) is 32.0 Å². The Labute approximate surface area is 105 Å². The molecule has 0 radical (unpaired) electrons. The van der Waals surface area contributed by atoms with E-state index >= 15 is 0 Å². The van der Waals surface area contributed by atoms with Crippen LogP contribution in [0.3, 0.4) is 0 Å². The average molecular weight is 231 g/mol. The SMILES string of the molecule is Cc1cccc(C)c1CC(CN)C1CCCC1. The fourth-order valence-corrected chi connectivity index (χ4v) is 3.30. The van der Waals surface area contributed by atoms with Crippen LogP contribution in [0.2, 0.25) is 0 Å². The Morgan fingerprint density at radius 3 is 2.29 bits per heavy atom. The number of aryl methyl sites for hydroxylation is 2. The maximum Gasteiger partial charge on any atom is -0.00430 e.